The lowest BCUT2D eigenvalue weighted by Crippen LogP contribution is -2.48. The van der Waals surface area contributed by atoms with Crippen molar-refractivity contribution in [1.82, 2.24) is 15.6 Å². The highest BCUT2D eigenvalue weighted by Crippen LogP contribution is 1.96. The highest BCUT2D eigenvalue weighted by atomic mass is 16.4. The molecule has 3 amide bonds. The van der Waals surface area contributed by atoms with Crippen LogP contribution in [0.5, 0.6) is 0 Å². The number of pyridine rings is 1. The van der Waals surface area contributed by atoms with E-state index in [0.29, 0.717) is 13.0 Å². The van der Waals surface area contributed by atoms with Crippen molar-refractivity contribution in [2.24, 2.45) is 5.73 Å². The van der Waals surface area contributed by atoms with Crippen molar-refractivity contribution in [3.63, 3.8) is 0 Å². The minimum atomic E-state index is -1.33. The molecule has 20 heavy (non-hydrogen) atoms. The van der Waals surface area contributed by atoms with Gasteiger partial charge in [-0.25, -0.2) is 9.59 Å². The molecule has 1 aromatic heterocycles. The normalized spacial score (nSPS) is 11.4. The van der Waals surface area contributed by atoms with Gasteiger partial charge in [-0.1, -0.05) is 0 Å². The number of primary amides is 1. The summed E-state index contributed by atoms with van der Waals surface area (Å²) in [6.45, 7) is 0.332. The number of rotatable bonds is 7. The summed E-state index contributed by atoms with van der Waals surface area (Å²) in [6.07, 6.45) is 3.42. The molecule has 0 bridgehead atoms. The third-order valence-corrected chi connectivity index (χ3v) is 2.46. The highest BCUT2D eigenvalue weighted by molar-refractivity contribution is 5.87. The molecule has 1 heterocycles. The van der Waals surface area contributed by atoms with Gasteiger partial charge in [0.2, 0.25) is 5.91 Å². The van der Waals surface area contributed by atoms with Crippen LogP contribution in [-0.4, -0.2) is 40.6 Å². The van der Waals surface area contributed by atoms with Gasteiger partial charge in [0.05, 0.1) is 6.42 Å². The van der Waals surface area contributed by atoms with Gasteiger partial charge in [-0.05, 0) is 24.1 Å². The van der Waals surface area contributed by atoms with Crippen LogP contribution in [-0.2, 0) is 16.0 Å². The second kappa shape index (κ2) is 7.72. The topological polar surface area (TPSA) is 134 Å². The van der Waals surface area contributed by atoms with E-state index in [1.807, 2.05) is 12.1 Å². The number of nitrogens with one attached hydrogen (secondary N) is 2. The Balaban J connectivity index is 2.35. The van der Waals surface area contributed by atoms with Crippen molar-refractivity contribution in [1.29, 1.82) is 0 Å². The fourth-order valence-electron chi connectivity index (χ4n) is 1.48. The smallest absolute Gasteiger partial charge is 0.326 e. The zero-order valence-electron chi connectivity index (χ0n) is 10.7. The molecule has 0 spiro atoms. The number of nitrogens with zero attached hydrogens (tertiary/aromatic N) is 1. The Morgan fingerprint density at radius 3 is 2.50 bits per heavy atom. The molecule has 0 saturated carbocycles. The van der Waals surface area contributed by atoms with Crippen LogP contribution < -0.4 is 16.4 Å². The van der Waals surface area contributed by atoms with Crippen LogP contribution >= 0.6 is 0 Å². The van der Waals surface area contributed by atoms with E-state index < -0.39 is 30.4 Å². The molecule has 8 nitrogen and oxygen atoms in total. The molecular formula is C12H16N4O4. The third kappa shape index (κ3) is 5.80. The maximum absolute atomic E-state index is 11.5. The van der Waals surface area contributed by atoms with Crippen LogP contribution in [0.1, 0.15) is 12.0 Å². The molecule has 8 heteroatoms. The average molecular weight is 280 g/mol. The molecule has 0 aliphatic rings. The van der Waals surface area contributed by atoms with Crippen LogP contribution in [0.25, 0.3) is 0 Å². The van der Waals surface area contributed by atoms with Gasteiger partial charge < -0.3 is 21.5 Å². The first-order valence-corrected chi connectivity index (χ1v) is 5.93. The molecule has 5 N–H and O–H groups in total. The number of hydrogen-bond acceptors (Lipinski definition) is 4. The molecule has 1 aromatic rings. The third-order valence-electron chi connectivity index (χ3n) is 2.46. The Morgan fingerprint density at radius 2 is 1.95 bits per heavy atom. The van der Waals surface area contributed by atoms with Gasteiger partial charge in [-0.3, -0.25) is 9.78 Å². The van der Waals surface area contributed by atoms with Gasteiger partial charge in [-0.15, -0.1) is 0 Å². The Hall–Kier alpha value is -2.64. The lowest BCUT2D eigenvalue weighted by atomic mass is 10.2. The molecule has 0 saturated heterocycles. The summed E-state index contributed by atoms with van der Waals surface area (Å²) >= 11 is 0. The van der Waals surface area contributed by atoms with E-state index in [-0.39, 0.29) is 0 Å². The van der Waals surface area contributed by atoms with E-state index in [1.165, 1.54) is 0 Å². The summed E-state index contributed by atoms with van der Waals surface area (Å²) in [7, 11) is 0. The van der Waals surface area contributed by atoms with E-state index in [9.17, 15) is 14.4 Å². The number of carbonyl (C=O) groups excluding carboxylic acids is 2. The Labute approximate surface area is 115 Å². The Morgan fingerprint density at radius 1 is 1.30 bits per heavy atom. The van der Waals surface area contributed by atoms with Crippen LogP contribution in [0.15, 0.2) is 24.5 Å². The lowest BCUT2D eigenvalue weighted by molar-refractivity contribution is -0.140. The summed E-state index contributed by atoms with van der Waals surface area (Å²) in [4.78, 5) is 36.8. The molecule has 1 atom stereocenters. The van der Waals surface area contributed by atoms with E-state index >= 15 is 0 Å². The average Bonchev–Trinajstić information content (AvgIpc) is 2.38. The molecule has 1 unspecified atom stereocenters. The van der Waals surface area contributed by atoms with Crippen LogP contribution in [0.3, 0.4) is 0 Å². The van der Waals surface area contributed by atoms with Crippen molar-refractivity contribution in [3.05, 3.63) is 30.1 Å². The largest absolute Gasteiger partial charge is 0.480 e. The maximum Gasteiger partial charge on any atom is 0.326 e. The van der Waals surface area contributed by atoms with Gasteiger partial charge in [0, 0.05) is 18.9 Å². The number of carbonyl (C=O) groups is 3. The fourth-order valence-corrected chi connectivity index (χ4v) is 1.48. The number of nitrogens with two attached hydrogens (primary N) is 1. The van der Waals surface area contributed by atoms with Gasteiger partial charge >= 0.3 is 12.0 Å². The summed E-state index contributed by atoms with van der Waals surface area (Å²) in [6, 6.07) is 1.64. The van der Waals surface area contributed by atoms with Gasteiger partial charge in [0.1, 0.15) is 6.04 Å². The van der Waals surface area contributed by atoms with Gasteiger partial charge in [0.15, 0.2) is 0 Å². The molecule has 0 radical (unpaired) electrons. The number of amides is 3. The molecule has 0 aromatic carbocycles. The van der Waals surface area contributed by atoms with Crippen molar-refractivity contribution in [2.45, 2.75) is 18.9 Å². The minimum Gasteiger partial charge on any atom is -0.480 e. The van der Waals surface area contributed by atoms with Crippen molar-refractivity contribution in [3.8, 4) is 0 Å². The first-order chi connectivity index (χ1) is 9.49. The summed E-state index contributed by atoms with van der Waals surface area (Å²) in [5.74, 6) is -2.11. The fraction of sp³-hybridized carbons (Fsp3) is 0.333. The molecule has 0 fully saturated rings. The lowest BCUT2D eigenvalue weighted by Gasteiger charge is -2.13. The Kier molecular flexibility index (Phi) is 5.95. The van der Waals surface area contributed by atoms with Crippen LogP contribution in [0.4, 0.5) is 4.79 Å². The van der Waals surface area contributed by atoms with Crippen molar-refractivity contribution in [2.75, 3.05) is 6.54 Å². The second-order valence-corrected chi connectivity index (χ2v) is 4.07. The predicted molar refractivity (Wildman–Crippen MR) is 69.7 cm³/mol. The van der Waals surface area contributed by atoms with E-state index in [2.05, 4.69) is 15.6 Å². The number of aromatic nitrogens is 1. The minimum absolute atomic E-state index is 0.332. The molecule has 0 aliphatic heterocycles. The summed E-state index contributed by atoms with van der Waals surface area (Å²) in [5.41, 5.74) is 5.90. The second-order valence-electron chi connectivity index (χ2n) is 4.07. The first-order valence-electron chi connectivity index (χ1n) is 5.93. The first kappa shape index (κ1) is 15.4. The summed E-state index contributed by atoms with van der Waals surface area (Å²) < 4.78 is 0. The maximum atomic E-state index is 11.5. The zero-order valence-corrected chi connectivity index (χ0v) is 10.7. The quantitative estimate of drug-likeness (QED) is 0.521. The number of aliphatic carboxylic acids is 1. The molecule has 0 aliphatic carbocycles. The van der Waals surface area contributed by atoms with Gasteiger partial charge in [0.25, 0.3) is 0 Å². The standard InChI is InChI=1S/C12H16N4O4/c13-10(17)7-9(11(18)19)16-12(20)15-6-3-8-1-4-14-5-2-8/h1-2,4-5,9H,3,6-7H2,(H2,13,17)(H,18,19)(H2,15,16,20). The number of hydrogen-bond donors (Lipinski definition) is 4. The zero-order chi connectivity index (χ0) is 15.0. The monoisotopic (exact) mass is 280 g/mol. The number of carboxylic acid groups (broad SMARTS) is 1. The van der Waals surface area contributed by atoms with E-state index in [1.54, 1.807) is 12.4 Å². The van der Waals surface area contributed by atoms with Crippen LogP contribution in [0.2, 0.25) is 0 Å². The number of urea groups is 1. The van der Waals surface area contributed by atoms with E-state index in [4.69, 9.17) is 10.8 Å². The van der Waals surface area contributed by atoms with Crippen molar-refractivity contribution >= 4 is 17.9 Å². The highest BCUT2D eigenvalue weighted by Gasteiger charge is 2.21. The number of carboxylic acids is 1. The summed E-state index contributed by atoms with van der Waals surface area (Å²) in [5, 5.41) is 13.5. The van der Waals surface area contributed by atoms with E-state index in [0.717, 1.165) is 5.56 Å². The van der Waals surface area contributed by atoms with Crippen molar-refractivity contribution < 1.29 is 19.5 Å². The van der Waals surface area contributed by atoms with Crippen LogP contribution in [0, 0.1) is 0 Å². The molecule has 108 valence electrons. The predicted octanol–water partition coefficient (Wildman–Crippen LogP) is -0.748. The molecule has 1 rings (SSSR count). The van der Waals surface area contributed by atoms with Gasteiger partial charge in [-0.2, -0.15) is 0 Å². The Bertz CT molecular complexity index is 478. The SMILES string of the molecule is NC(=O)CC(NC(=O)NCCc1ccncc1)C(=O)O. The molecular weight excluding hydrogens is 264 g/mol.